The van der Waals surface area contributed by atoms with E-state index in [4.69, 9.17) is 4.74 Å². The van der Waals surface area contributed by atoms with E-state index in [1.54, 1.807) is 18.4 Å². The third-order valence-electron chi connectivity index (χ3n) is 2.88. The molecule has 2 rings (SSSR count). The Kier molecular flexibility index (Phi) is 4.56. The van der Waals surface area contributed by atoms with Gasteiger partial charge in [-0.05, 0) is 30.7 Å². The van der Waals surface area contributed by atoms with Crippen LogP contribution in [0, 0.1) is 6.92 Å². The Labute approximate surface area is 118 Å². The van der Waals surface area contributed by atoms with Gasteiger partial charge < -0.3 is 10.1 Å². The van der Waals surface area contributed by atoms with Crippen LogP contribution < -0.4 is 10.1 Å². The van der Waals surface area contributed by atoms with Crippen LogP contribution in [0.1, 0.15) is 24.3 Å². The highest BCUT2D eigenvalue weighted by Gasteiger charge is 2.07. The molecule has 0 radical (unpaired) electrons. The van der Waals surface area contributed by atoms with E-state index in [2.05, 4.69) is 43.2 Å². The topological polar surface area (TPSA) is 34.1 Å². The van der Waals surface area contributed by atoms with Crippen LogP contribution in [-0.2, 0) is 6.54 Å². The number of aromatic nitrogens is 1. The van der Waals surface area contributed by atoms with Crippen LogP contribution in [0.3, 0.4) is 0 Å². The molecule has 3 nitrogen and oxygen atoms in total. The Hall–Kier alpha value is -1.39. The minimum atomic E-state index is 0.494. The summed E-state index contributed by atoms with van der Waals surface area (Å²) in [6.45, 7) is 7.23. The van der Waals surface area contributed by atoms with Gasteiger partial charge in [0.25, 0.3) is 0 Å². The average molecular weight is 276 g/mol. The Balaban J connectivity index is 2.16. The van der Waals surface area contributed by atoms with E-state index in [0.29, 0.717) is 6.04 Å². The lowest BCUT2D eigenvalue weighted by Crippen LogP contribution is -2.21. The molecular formula is C15H20N2OS. The molecule has 1 aromatic heterocycles. The summed E-state index contributed by atoms with van der Waals surface area (Å²) in [5.41, 5.74) is 2.29. The number of thiazole rings is 1. The fraction of sp³-hybridized carbons (Fsp3) is 0.400. The first-order valence-corrected chi connectivity index (χ1v) is 7.25. The fourth-order valence-corrected chi connectivity index (χ4v) is 2.70. The maximum atomic E-state index is 5.28. The van der Waals surface area contributed by atoms with Crippen LogP contribution in [-0.4, -0.2) is 18.1 Å². The molecule has 1 heterocycles. The normalized spacial score (nSPS) is 11.0. The van der Waals surface area contributed by atoms with Crippen molar-refractivity contribution in [2.75, 3.05) is 7.11 Å². The number of ether oxygens (including phenoxy) is 1. The first kappa shape index (κ1) is 14.0. The molecule has 4 heteroatoms. The van der Waals surface area contributed by atoms with Gasteiger partial charge in [-0.15, -0.1) is 11.3 Å². The molecule has 1 aromatic carbocycles. The van der Waals surface area contributed by atoms with Crippen molar-refractivity contribution >= 4 is 11.3 Å². The Morgan fingerprint density at radius 3 is 2.79 bits per heavy atom. The van der Waals surface area contributed by atoms with E-state index >= 15 is 0 Å². The number of aryl methyl sites for hydroxylation is 1. The third-order valence-corrected chi connectivity index (χ3v) is 3.93. The summed E-state index contributed by atoms with van der Waals surface area (Å²) in [5.74, 6) is 0.919. The van der Waals surface area contributed by atoms with Crippen molar-refractivity contribution < 1.29 is 4.74 Å². The Bertz CT molecular complexity index is 549. The maximum absolute atomic E-state index is 5.28. The largest absolute Gasteiger partial charge is 0.496 e. The van der Waals surface area contributed by atoms with Crippen molar-refractivity contribution in [2.45, 2.75) is 33.4 Å². The van der Waals surface area contributed by atoms with Crippen molar-refractivity contribution in [3.05, 3.63) is 34.8 Å². The highest BCUT2D eigenvalue weighted by atomic mass is 32.1. The minimum absolute atomic E-state index is 0.494. The summed E-state index contributed by atoms with van der Waals surface area (Å²) in [4.78, 5) is 5.76. The molecule has 0 bridgehead atoms. The van der Waals surface area contributed by atoms with Crippen LogP contribution in [0.2, 0.25) is 0 Å². The van der Waals surface area contributed by atoms with Crippen LogP contribution in [0.5, 0.6) is 5.75 Å². The standard InChI is InChI=1S/C15H20N2OS/c1-10(2)16-8-13-9-17-15(19-13)12-5-6-14(18-4)11(3)7-12/h5-7,9-10,16H,8H2,1-4H3. The molecule has 19 heavy (non-hydrogen) atoms. The molecule has 0 saturated carbocycles. The average Bonchev–Trinajstić information content (AvgIpc) is 2.85. The molecule has 0 amide bonds. The monoisotopic (exact) mass is 276 g/mol. The van der Waals surface area contributed by atoms with E-state index < -0.39 is 0 Å². The summed E-state index contributed by atoms with van der Waals surface area (Å²) < 4.78 is 5.28. The molecular weight excluding hydrogens is 256 g/mol. The predicted octanol–water partition coefficient (Wildman–Crippen LogP) is 3.63. The van der Waals surface area contributed by atoms with Crippen LogP contribution in [0.15, 0.2) is 24.4 Å². The SMILES string of the molecule is COc1ccc(-c2ncc(CNC(C)C)s2)cc1C. The highest BCUT2D eigenvalue weighted by molar-refractivity contribution is 7.15. The van der Waals surface area contributed by atoms with Gasteiger partial charge in [0.15, 0.2) is 0 Å². The molecule has 102 valence electrons. The van der Waals surface area contributed by atoms with Crippen molar-refractivity contribution in [1.29, 1.82) is 0 Å². The van der Waals surface area contributed by atoms with Gasteiger partial charge in [0.05, 0.1) is 7.11 Å². The first-order chi connectivity index (χ1) is 9.10. The number of nitrogens with zero attached hydrogens (tertiary/aromatic N) is 1. The van der Waals surface area contributed by atoms with Gasteiger partial charge in [-0.25, -0.2) is 4.98 Å². The van der Waals surface area contributed by atoms with Gasteiger partial charge in [-0.2, -0.15) is 0 Å². The minimum Gasteiger partial charge on any atom is -0.496 e. The summed E-state index contributed by atoms with van der Waals surface area (Å²) in [7, 11) is 1.70. The molecule has 0 spiro atoms. The zero-order valence-corrected chi connectivity index (χ0v) is 12.7. The maximum Gasteiger partial charge on any atom is 0.123 e. The summed E-state index contributed by atoms with van der Waals surface area (Å²) in [5, 5.41) is 4.47. The summed E-state index contributed by atoms with van der Waals surface area (Å²) in [6.07, 6.45) is 1.95. The zero-order chi connectivity index (χ0) is 13.8. The van der Waals surface area contributed by atoms with Crippen molar-refractivity contribution in [3.63, 3.8) is 0 Å². The van der Waals surface area contributed by atoms with E-state index in [-0.39, 0.29) is 0 Å². The lowest BCUT2D eigenvalue weighted by Gasteiger charge is -2.06. The molecule has 0 saturated heterocycles. The lowest BCUT2D eigenvalue weighted by molar-refractivity contribution is 0.412. The molecule has 0 aliphatic rings. The van der Waals surface area contributed by atoms with Gasteiger partial charge >= 0.3 is 0 Å². The quantitative estimate of drug-likeness (QED) is 0.905. The number of nitrogens with one attached hydrogen (secondary N) is 1. The molecule has 0 fully saturated rings. The Morgan fingerprint density at radius 2 is 2.16 bits per heavy atom. The van der Waals surface area contributed by atoms with Crippen LogP contribution >= 0.6 is 11.3 Å². The second kappa shape index (κ2) is 6.17. The van der Waals surface area contributed by atoms with E-state index in [1.165, 1.54) is 4.88 Å². The Morgan fingerprint density at radius 1 is 1.37 bits per heavy atom. The van der Waals surface area contributed by atoms with Gasteiger partial charge in [-0.1, -0.05) is 13.8 Å². The fourth-order valence-electron chi connectivity index (χ4n) is 1.84. The van der Waals surface area contributed by atoms with Crippen molar-refractivity contribution in [3.8, 4) is 16.3 Å². The van der Waals surface area contributed by atoms with Crippen LogP contribution in [0.25, 0.3) is 10.6 Å². The molecule has 0 aliphatic carbocycles. The van der Waals surface area contributed by atoms with E-state index in [1.807, 2.05) is 12.3 Å². The number of hydrogen-bond donors (Lipinski definition) is 1. The van der Waals surface area contributed by atoms with Gasteiger partial charge in [0, 0.05) is 29.2 Å². The molecule has 1 N–H and O–H groups in total. The van der Waals surface area contributed by atoms with Crippen molar-refractivity contribution in [2.24, 2.45) is 0 Å². The van der Waals surface area contributed by atoms with E-state index in [0.717, 1.165) is 28.4 Å². The first-order valence-electron chi connectivity index (χ1n) is 6.43. The molecule has 0 aliphatic heterocycles. The van der Waals surface area contributed by atoms with Crippen molar-refractivity contribution in [1.82, 2.24) is 10.3 Å². The summed E-state index contributed by atoms with van der Waals surface area (Å²) in [6, 6.07) is 6.67. The number of methoxy groups -OCH3 is 1. The predicted molar refractivity (Wildman–Crippen MR) is 80.8 cm³/mol. The second-order valence-electron chi connectivity index (χ2n) is 4.85. The number of benzene rings is 1. The number of hydrogen-bond acceptors (Lipinski definition) is 4. The summed E-state index contributed by atoms with van der Waals surface area (Å²) >= 11 is 1.74. The van der Waals surface area contributed by atoms with Gasteiger partial charge in [-0.3, -0.25) is 0 Å². The second-order valence-corrected chi connectivity index (χ2v) is 5.97. The lowest BCUT2D eigenvalue weighted by atomic mass is 10.1. The van der Waals surface area contributed by atoms with Gasteiger partial charge in [0.2, 0.25) is 0 Å². The highest BCUT2D eigenvalue weighted by Crippen LogP contribution is 2.29. The molecule has 2 aromatic rings. The smallest absolute Gasteiger partial charge is 0.123 e. The third kappa shape index (κ3) is 3.55. The van der Waals surface area contributed by atoms with E-state index in [9.17, 15) is 0 Å². The zero-order valence-electron chi connectivity index (χ0n) is 11.9. The number of rotatable bonds is 5. The van der Waals surface area contributed by atoms with Gasteiger partial charge in [0.1, 0.15) is 10.8 Å². The van der Waals surface area contributed by atoms with Crippen LogP contribution in [0.4, 0.5) is 0 Å². The molecule has 0 atom stereocenters. The molecule has 0 unspecified atom stereocenters.